The van der Waals surface area contributed by atoms with Gasteiger partial charge in [-0.05, 0) is 55.3 Å². The molecule has 8 nitrogen and oxygen atoms in total. The van der Waals surface area contributed by atoms with E-state index in [4.69, 9.17) is 4.74 Å². The lowest BCUT2D eigenvalue weighted by Gasteiger charge is -2.29. The molecule has 0 bridgehead atoms. The van der Waals surface area contributed by atoms with Gasteiger partial charge in [0.2, 0.25) is 11.8 Å². The minimum Gasteiger partial charge on any atom is -0.484 e. The lowest BCUT2D eigenvalue weighted by atomic mass is 9.83. The fourth-order valence-corrected chi connectivity index (χ4v) is 7.66. The lowest BCUT2D eigenvalue weighted by molar-refractivity contribution is -0.122. The molecule has 2 aliphatic heterocycles. The predicted molar refractivity (Wildman–Crippen MR) is 155 cm³/mol. The standard InChI is InChI=1S/C30H25N3O5S2/c1-16-7-11-19(12-8-16)33-28(35)24-23(25-27(32-30(37)40-25)39-26(24)29(33)36)18-9-13-20(14-10-18)38-15-22(34)31-21-6-4-3-5-17(21)2/h3-14,23-24,26H,15H2,1-2H3,(H,31,34)(H,32,37)/t23-,24-,26+/m0/s1. The maximum absolute atomic E-state index is 13.8. The van der Waals surface area contributed by atoms with Gasteiger partial charge in [-0.1, -0.05) is 71.1 Å². The number of aryl methyl sites for hydroxylation is 2. The molecule has 40 heavy (non-hydrogen) atoms. The summed E-state index contributed by atoms with van der Waals surface area (Å²) in [4.78, 5) is 56.7. The van der Waals surface area contributed by atoms with Gasteiger partial charge in [0.05, 0.1) is 16.6 Å². The number of carbonyl (C=O) groups is 3. The molecule has 3 aromatic carbocycles. The highest BCUT2D eigenvalue weighted by Gasteiger charge is 2.56. The fraction of sp³-hybridized carbons (Fsp3) is 0.200. The van der Waals surface area contributed by atoms with Gasteiger partial charge < -0.3 is 15.0 Å². The zero-order chi connectivity index (χ0) is 28.0. The van der Waals surface area contributed by atoms with Crippen LogP contribution in [-0.4, -0.2) is 34.6 Å². The molecular weight excluding hydrogens is 546 g/mol. The molecule has 2 aliphatic rings. The van der Waals surface area contributed by atoms with Crippen molar-refractivity contribution in [3.8, 4) is 5.75 Å². The first-order chi connectivity index (χ1) is 19.3. The number of fused-ring (bicyclic) bond motifs is 2. The first kappa shape index (κ1) is 26.1. The van der Waals surface area contributed by atoms with Gasteiger partial charge in [-0.2, -0.15) is 0 Å². The summed E-state index contributed by atoms with van der Waals surface area (Å²) in [7, 11) is 0. The van der Waals surface area contributed by atoms with Crippen LogP contribution in [0.5, 0.6) is 5.75 Å². The number of H-pyrrole nitrogens is 1. The number of nitrogens with one attached hydrogen (secondary N) is 2. The van der Waals surface area contributed by atoms with Gasteiger partial charge in [0, 0.05) is 16.5 Å². The Balaban J connectivity index is 1.25. The minimum absolute atomic E-state index is 0.166. The van der Waals surface area contributed by atoms with Gasteiger partial charge in [-0.25, -0.2) is 4.90 Å². The number of rotatable bonds is 6. The number of ether oxygens (including phenoxy) is 1. The zero-order valence-electron chi connectivity index (χ0n) is 21.7. The number of hydrogen-bond acceptors (Lipinski definition) is 7. The van der Waals surface area contributed by atoms with E-state index in [2.05, 4.69) is 10.3 Å². The third-order valence-electron chi connectivity index (χ3n) is 7.14. The molecule has 4 aromatic rings. The number of aromatic amines is 1. The third-order valence-corrected chi connectivity index (χ3v) is 9.55. The van der Waals surface area contributed by atoms with Crippen molar-refractivity contribution in [3.63, 3.8) is 0 Å². The summed E-state index contributed by atoms with van der Waals surface area (Å²) in [6.07, 6.45) is 0. The highest BCUT2D eigenvalue weighted by atomic mass is 32.2. The SMILES string of the molecule is Cc1ccc(N2C(=O)[C@H]3[C@H](c4ccc(OCC(=O)Nc5ccccc5C)cc4)c4sc(=O)[nH]c4S[C@H]3C2=O)cc1. The molecule has 1 aromatic heterocycles. The fourth-order valence-electron chi connectivity index (χ4n) is 5.14. The van der Waals surface area contributed by atoms with E-state index in [0.29, 0.717) is 16.5 Å². The number of para-hydroxylation sites is 1. The van der Waals surface area contributed by atoms with Crippen molar-refractivity contribution in [1.29, 1.82) is 0 Å². The average Bonchev–Trinajstić information content (AvgIpc) is 3.44. The summed E-state index contributed by atoms with van der Waals surface area (Å²) in [5.74, 6) is -1.50. The molecule has 3 heterocycles. The number of nitrogens with zero attached hydrogens (tertiary/aromatic N) is 1. The van der Waals surface area contributed by atoms with Crippen LogP contribution >= 0.6 is 23.1 Å². The molecule has 2 N–H and O–H groups in total. The maximum Gasteiger partial charge on any atom is 0.305 e. The van der Waals surface area contributed by atoms with Crippen LogP contribution in [0.25, 0.3) is 0 Å². The number of carbonyl (C=O) groups excluding carboxylic acids is 3. The van der Waals surface area contributed by atoms with Crippen molar-refractivity contribution in [3.05, 3.63) is 104 Å². The maximum atomic E-state index is 13.8. The largest absolute Gasteiger partial charge is 0.484 e. The van der Waals surface area contributed by atoms with Gasteiger partial charge in [0.15, 0.2) is 6.61 Å². The molecule has 0 saturated carbocycles. The molecule has 0 aliphatic carbocycles. The molecule has 0 unspecified atom stereocenters. The van der Waals surface area contributed by atoms with E-state index in [0.717, 1.165) is 38.6 Å². The van der Waals surface area contributed by atoms with Crippen LogP contribution < -0.4 is 19.8 Å². The Kier molecular flexibility index (Phi) is 6.81. The van der Waals surface area contributed by atoms with Crippen LogP contribution in [-0.2, 0) is 14.4 Å². The Hall–Kier alpha value is -4.15. The summed E-state index contributed by atoms with van der Waals surface area (Å²) in [6.45, 7) is 3.70. The predicted octanol–water partition coefficient (Wildman–Crippen LogP) is 4.87. The summed E-state index contributed by atoms with van der Waals surface area (Å²) in [5.41, 5.74) is 4.04. The number of anilines is 2. The van der Waals surface area contributed by atoms with Gasteiger partial charge in [0.1, 0.15) is 11.0 Å². The topological polar surface area (TPSA) is 109 Å². The molecule has 1 fully saturated rings. The Labute approximate surface area is 238 Å². The molecule has 1 saturated heterocycles. The van der Waals surface area contributed by atoms with E-state index in [1.54, 1.807) is 24.3 Å². The van der Waals surface area contributed by atoms with E-state index in [1.165, 1.54) is 16.7 Å². The van der Waals surface area contributed by atoms with Crippen molar-refractivity contribution in [2.45, 2.75) is 30.0 Å². The molecular formula is C30H25N3O5S2. The quantitative estimate of drug-likeness (QED) is 0.320. The Bertz CT molecular complexity index is 1680. The summed E-state index contributed by atoms with van der Waals surface area (Å²) >= 11 is 2.32. The van der Waals surface area contributed by atoms with E-state index in [9.17, 15) is 19.2 Å². The Morgan fingerprint density at radius 3 is 2.40 bits per heavy atom. The summed E-state index contributed by atoms with van der Waals surface area (Å²) in [5, 5.41) is 2.81. The number of imide groups is 1. The van der Waals surface area contributed by atoms with Crippen molar-refractivity contribution in [2.24, 2.45) is 5.92 Å². The van der Waals surface area contributed by atoms with E-state index in [-0.39, 0.29) is 29.2 Å². The van der Waals surface area contributed by atoms with E-state index < -0.39 is 17.1 Å². The van der Waals surface area contributed by atoms with Crippen LogP contribution in [0.15, 0.2) is 82.6 Å². The van der Waals surface area contributed by atoms with Gasteiger partial charge in [-0.15, -0.1) is 0 Å². The second kappa shape index (κ2) is 10.4. The third kappa shape index (κ3) is 4.73. The second-order valence-electron chi connectivity index (χ2n) is 9.82. The second-order valence-corrected chi connectivity index (χ2v) is 12.0. The average molecular weight is 572 g/mol. The number of amides is 3. The molecule has 3 amide bonds. The lowest BCUT2D eigenvalue weighted by Crippen LogP contribution is -2.32. The summed E-state index contributed by atoms with van der Waals surface area (Å²) in [6, 6.07) is 21.9. The van der Waals surface area contributed by atoms with Crippen molar-refractivity contribution in [1.82, 2.24) is 4.98 Å². The Morgan fingerprint density at radius 1 is 0.950 bits per heavy atom. The van der Waals surface area contributed by atoms with Crippen LogP contribution in [0.3, 0.4) is 0 Å². The molecule has 6 rings (SSSR count). The zero-order valence-corrected chi connectivity index (χ0v) is 23.3. The van der Waals surface area contributed by atoms with Crippen LogP contribution in [0, 0.1) is 19.8 Å². The van der Waals surface area contributed by atoms with Gasteiger partial charge in [0.25, 0.3) is 5.91 Å². The number of thiazole rings is 1. The van der Waals surface area contributed by atoms with E-state index in [1.807, 2.05) is 62.4 Å². The molecule has 0 spiro atoms. The molecule has 202 valence electrons. The van der Waals surface area contributed by atoms with Crippen molar-refractivity contribution in [2.75, 3.05) is 16.8 Å². The van der Waals surface area contributed by atoms with Crippen molar-refractivity contribution >= 4 is 52.2 Å². The van der Waals surface area contributed by atoms with Gasteiger partial charge >= 0.3 is 4.87 Å². The number of hydrogen-bond donors (Lipinski definition) is 2. The van der Waals surface area contributed by atoms with E-state index >= 15 is 0 Å². The molecule has 10 heteroatoms. The smallest absolute Gasteiger partial charge is 0.305 e. The van der Waals surface area contributed by atoms with Crippen LogP contribution in [0.1, 0.15) is 27.5 Å². The first-order valence-electron chi connectivity index (χ1n) is 12.7. The summed E-state index contributed by atoms with van der Waals surface area (Å²) < 4.78 is 5.71. The van der Waals surface area contributed by atoms with Crippen molar-refractivity contribution < 1.29 is 19.1 Å². The monoisotopic (exact) mass is 571 g/mol. The Morgan fingerprint density at radius 2 is 1.68 bits per heavy atom. The van der Waals surface area contributed by atoms with Crippen LogP contribution in [0.2, 0.25) is 0 Å². The van der Waals surface area contributed by atoms with Gasteiger partial charge in [-0.3, -0.25) is 19.2 Å². The highest BCUT2D eigenvalue weighted by molar-refractivity contribution is 8.00. The highest BCUT2D eigenvalue weighted by Crippen LogP contribution is 2.53. The number of aromatic nitrogens is 1. The van der Waals surface area contributed by atoms with Crippen LogP contribution in [0.4, 0.5) is 11.4 Å². The number of benzene rings is 3. The first-order valence-corrected chi connectivity index (χ1v) is 14.4. The normalized spacial score (nSPS) is 19.8. The molecule has 3 atom stereocenters. The minimum atomic E-state index is -0.663. The number of thioether (sulfide) groups is 1. The molecule has 0 radical (unpaired) electrons.